The number of oxazole rings is 1. The Morgan fingerprint density at radius 3 is 2.85 bits per heavy atom. The number of para-hydroxylation sites is 3. The Hall–Kier alpha value is -2.92. The number of pyridine rings is 1. The third-order valence-electron chi connectivity index (χ3n) is 5.41. The molecule has 1 saturated heterocycles. The van der Waals surface area contributed by atoms with Crippen LogP contribution in [0, 0.1) is 0 Å². The molecule has 0 N–H and O–H groups in total. The summed E-state index contributed by atoms with van der Waals surface area (Å²) in [7, 11) is 0. The van der Waals surface area contributed by atoms with E-state index in [-0.39, 0.29) is 11.8 Å². The van der Waals surface area contributed by atoms with E-state index < -0.39 is 0 Å². The molecule has 1 aliphatic heterocycles. The zero-order valence-corrected chi connectivity index (χ0v) is 15.0. The number of hydrogen-bond donors (Lipinski definition) is 0. The van der Waals surface area contributed by atoms with Gasteiger partial charge in [-0.05, 0) is 43.7 Å². The molecule has 0 radical (unpaired) electrons. The van der Waals surface area contributed by atoms with Crippen LogP contribution in [0.4, 0.5) is 0 Å². The average Bonchev–Trinajstić information content (AvgIpc) is 3.04. The molecule has 2 aromatic carbocycles. The molecule has 0 amide bonds. The fraction of sp³-hybridized carbons (Fsp3) is 0.273. The van der Waals surface area contributed by atoms with E-state index in [4.69, 9.17) is 9.40 Å². The zero-order valence-electron chi connectivity index (χ0n) is 15.0. The van der Waals surface area contributed by atoms with E-state index in [0.29, 0.717) is 5.58 Å². The number of benzene rings is 2. The van der Waals surface area contributed by atoms with Gasteiger partial charge in [0.25, 0.3) is 0 Å². The van der Waals surface area contributed by atoms with Crippen molar-refractivity contribution in [1.82, 2.24) is 14.5 Å². The number of rotatable bonds is 3. The molecule has 4 aromatic rings. The average molecular weight is 359 g/mol. The lowest BCUT2D eigenvalue weighted by molar-refractivity contribution is 0.166. The molecule has 3 heterocycles. The normalized spacial score (nSPS) is 18.3. The van der Waals surface area contributed by atoms with Gasteiger partial charge >= 0.3 is 5.76 Å². The molecule has 0 spiro atoms. The first-order valence-electron chi connectivity index (χ1n) is 9.45. The van der Waals surface area contributed by atoms with Crippen LogP contribution in [0.15, 0.2) is 69.9 Å². The second-order valence-electron chi connectivity index (χ2n) is 7.23. The molecule has 5 nitrogen and oxygen atoms in total. The first kappa shape index (κ1) is 16.3. The summed E-state index contributed by atoms with van der Waals surface area (Å²) >= 11 is 0. The molecule has 0 aliphatic carbocycles. The van der Waals surface area contributed by atoms with Crippen LogP contribution >= 0.6 is 0 Å². The Labute approximate surface area is 156 Å². The SMILES string of the molecule is O=c1oc2ccccc2n1[C@H]1CCCN(Cc2ccc3ccccc3n2)C1. The van der Waals surface area contributed by atoms with E-state index in [9.17, 15) is 4.79 Å². The highest BCUT2D eigenvalue weighted by Crippen LogP contribution is 2.25. The molecule has 5 rings (SSSR count). The predicted octanol–water partition coefficient (Wildman–Crippen LogP) is 3.98. The lowest BCUT2D eigenvalue weighted by atomic mass is 10.0. The largest absolute Gasteiger partial charge is 0.420 e. The zero-order chi connectivity index (χ0) is 18.2. The smallest absolute Gasteiger partial charge is 0.408 e. The highest BCUT2D eigenvalue weighted by molar-refractivity contribution is 5.78. The molecule has 1 atom stereocenters. The van der Waals surface area contributed by atoms with Gasteiger partial charge in [0.1, 0.15) is 0 Å². The van der Waals surface area contributed by atoms with Gasteiger partial charge in [0.05, 0.1) is 22.8 Å². The van der Waals surface area contributed by atoms with Gasteiger partial charge in [0, 0.05) is 18.5 Å². The number of hydrogen-bond acceptors (Lipinski definition) is 4. The summed E-state index contributed by atoms with van der Waals surface area (Å²) in [5.74, 6) is -0.258. The molecule has 1 fully saturated rings. The molecule has 0 unspecified atom stereocenters. The summed E-state index contributed by atoms with van der Waals surface area (Å²) in [5.41, 5.74) is 3.65. The Balaban J connectivity index is 1.40. The van der Waals surface area contributed by atoms with Crippen molar-refractivity contribution in [3.8, 4) is 0 Å². The van der Waals surface area contributed by atoms with Crippen LogP contribution in [0.3, 0.4) is 0 Å². The molecule has 1 aliphatic rings. The summed E-state index contributed by atoms with van der Waals surface area (Å²) < 4.78 is 7.26. The number of likely N-dealkylation sites (tertiary alicyclic amines) is 1. The monoisotopic (exact) mass is 359 g/mol. The summed E-state index contributed by atoms with van der Waals surface area (Å²) in [4.78, 5) is 19.6. The van der Waals surface area contributed by atoms with Crippen molar-refractivity contribution in [2.75, 3.05) is 13.1 Å². The van der Waals surface area contributed by atoms with Crippen LogP contribution < -0.4 is 5.76 Å². The summed E-state index contributed by atoms with van der Waals surface area (Å²) in [6.07, 6.45) is 2.05. The molecule has 136 valence electrons. The quantitative estimate of drug-likeness (QED) is 0.555. The highest BCUT2D eigenvalue weighted by Gasteiger charge is 2.25. The number of piperidine rings is 1. The Morgan fingerprint density at radius 2 is 1.89 bits per heavy atom. The van der Waals surface area contributed by atoms with E-state index in [0.717, 1.165) is 54.6 Å². The van der Waals surface area contributed by atoms with Crippen LogP contribution in [0.25, 0.3) is 22.0 Å². The summed E-state index contributed by atoms with van der Waals surface area (Å²) in [5, 5.41) is 1.16. The summed E-state index contributed by atoms with van der Waals surface area (Å²) in [6, 6.07) is 20.2. The van der Waals surface area contributed by atoms with Crippen LogP contribution in [-0.4, -0.2) is 27.5 Å². The minimum absolute atomic E-state index is 0.135. The van der Waals surface area contributed by atoms with Crippen molar-refractivity contribution in [1.29, 1.82) is 0 Å². The van der Waals surface area contributed by atoms with Gasteiger partial charge in [-0.2, -0.15) is 0 Å². The molecule has 0 bridgehead atoms. The maximum Gasteiger partial charge on any atom is 0.420 e. The van der Waals surface area contributed by atoms with Gasteiger partial charge in [-0.3, -0.25) is 14.5 Å². The minimum Gasteiger partial charge on any atom is -0.408 e. The standard InChI is InChI=1S/C22H21N3O2/c26-22-25(20-9-3-4-10-21(20)27-22)18-7-5-13-24(15-18)14-17-12-11-16-6-1-2-8-19(16)23-17/h1-4,6,8-12,18H,5,7,13-15H2/t18-/m0/s1. The topological polar surface area (TPSA) is 51.3 Å². The predicted molar refractivity (Wildman–Crippen MR) is 106 cm³/mol. The van der Waals surface area contributed by atoms with Gasteiger partial charge in [-0.1, -0.05) is 36.4 Å². The van der Waals surface area contributed by atoms with Crippen molar-refractivity contribution in [3.63, 3.8) is 0 Å². The van der Waals surface area contributed by atoms with Crippen molar-refractivity contribution < 1.29 is 4.42 Å². The minimum atomic E-state index is -0.258. The third kappa shape index (κ3) is 3.04. The third-order valence-corrected chi connectivity index (χ3v) is 5.41. The van der Waals surface area contributed by atoms with Gasteiger partial charge in [-0.25, -0.2) is 4.79 Å². The Kier molecular flexibility index (Phi) is 4.02. The Morgan fingerprint density at radius 1 is 1.04 bits per heavy atom. The maximum absolute atomic E-state index is 12.4. The first-order chi connectivity index (χ1) is 13.3. The van der Waals surface area contributed by atoms with E-state index in [1.807, 2.05) is 41.0 Å². The molecule has 27 heavy (non-hydrogen) atoms. The second kappa shape index (κ2) is 6.67. The van der Waals surface area contributed by atoms with Crippen LogP contribution in [0.1, 0.15) is 24.6 Å². The van der Waals surface area contributed by atoms with Crippen molar-refractivity contribution in [2.24, 2.45) is 0 Å². The highest BCUT2D eigenvalue weighted by atomic mass is 16.4. The lowest BCUT2D eigenvalue weighted by Gasteiger charge is -2.32. The summed E-state index contributed by atoms with van der Waals surface area (Å²) in [6.45, 7) is 2.65. The van der Waals surface area contributed by atoms with Gasteiger partial charge in [0.2, 0.25) is 0 Å². The number of fused-ring (bicyclic) bond motifs is 2. The van der Waals surface area contributed by atoms with E-state index in [1.165, 1.54) is 0 Å². The molecular formula is C22H21N3O2. The lowest BCUT2D eigenvalue weighted by Crippen LogP contribution is -2.38. The van der Waals surface area contributed by atoms with E-state index >= 15 is 0 Å². The van der Waals surface area contributed by atoms with Crippen LogP contribution in [-0.2, 0) is 6.54 Å². The van der Waals surface area contributed by atoms with E-state index in [2.05, 4.69) is 29.2 Å². The van der Waals surface area contributed by atoms with Crippen molar-refractivity contribution >= 4 is 22.0 Å². The van der Waals surface area contributed by atoms with Crippen LogP contribution in [0.5, 0.6) is 0 Å². The number of aromatic nitrogens is 2. The Bertz CT molecular complexity index is 1160. The number of nitrogens with zero attached hydrogens (tertiary/aromatic N) is 3. The van der Waals surface area contributed by atoms with Gasteiger partial charge in [-0.15, -0.1) is 0 Å². The molecular weight excluding hydrogens is 338 g/mol. The van der Waals surface area contributed by atoms with E-state index in [1.54, 1.807) is 0 Å². The van der Waals surface area contributed by atoms with Gasteiger partial charge in [0.15, 0.2) is 5.58 Å². The van der Waals surface area contributed by atoms with Gasteiger partial charge < -0.3 is 4.42 Å². The fourth-order valence-corrected chi connectivity index (χ4v) is 4.14. The fourth-order valence-electron chi connectivity index (χ4n) is 4.14. The first-order valence-corrected chi connectivity index (χ1v) is 9.45. The van der Waals surface area contributed by atoms with Crippen molar-refractivity contribution in [2.45, 2.75) is 25.4 Å². The maximum atomic E-state index is 12.4. The molecule has 5 heteroatoms. The van der Waals surface area contributed by atoms with Crippen LogP contribution in [0.2, 0.25) is 0 Å². The molecule has 0 saturated carbocycles. The second-order valence-corrected chi connectivity index (χ2v) is 7.23. The molecule has 2 aromatic heterocycles. The van der Waals surface area contributed by atoms with Crippen molar-refractivity contribution in [3.05, 3.63) is 76.9 Å².